The molecule has 0 atom stereocenters. The first kappa shape index (κ1) is 12.3. The Morgan fingerprint density at radius 2 is 2.11 bits per heavy atom. The average molecular weight is 245 g/mol. The molecule has 0 aliphatic carbocycles. The van der Waals surface area contributed by atoms with Gasteiger partial charge in [0.2, 0.25) is 11.8 Å². The first-order valence-electron chi connectivity index (χ1n) is 5.71. The van der Waals surface area contributed by atoms with Gasteiger partial charge in [0.15, 0.2) is 0 Å². The number of hydrogen-bond acceptors (Lipinski definition) is 4. The molecule has 2 N–H and O–H groups in total. The molecule has 2 aromatic rings. The molecule has 0 aliphatic rings. The summed E-state index contributed by atoms with van der Waals surface area (Å²) in [6.07, 6.45) is 1.65. The summed E-state index contributed by atoms with van der Waals surface area (Å²) in [5.74, 6) is 1.25. The highest BCUT2D eigenvalue weighted by atomic mass is 16.4. The summed E-state index contributed by atoms with van der Waals surface area (Å²) in [4.78, 5) is 15.6. The van der Waals surface area contributed by atoms with Gasteiger partial charge in [0.25, 0.3) is 0 Å². The lowest BCUT2D eigenvalue weighted by Gasteiger charge is -2.05. The molecule has 0 fully saturated rings. The fourth-order valence-electron chi connectivity index (χ4n) is 1.49. The largest absolute Gasteiger partial charge is 0.445 e. The van der Waals surface area contributed by atoms with Gasteiger partial charge in [-0.15, -0.1) is 0 Å². The molecule has 5 heteroatoms. The van der Waals surface area contributed by atoms with Gasteiger partial charge in [-0.3, -0.25) is 10.1 Å². The van der Waals surface area contributed by atoms with Gasteiger partial charge < -0.3 is 9.73 Å². The van der Waals surface area contributed by atoms with E-state index in [0.717, 1.165) is 11.4 Å². The Labute approximate surface area is 105 Å². The average Bonchev–Trinajstić information content (AvgIpc) is 2.76. The van der Waals surface area contributed by atoms with E-state index in [1.807, 2.05) is 37.3 Å². The van der Waals surface area contributed by atoms with Crippen molar-refractivity contribution in [2.24, 2.45) is 0 Å². The lowest BCUT2D eigenvalue weighted by Crippen LogP contribution is -2.27. The summed E-state index contributed by atoms with van der Waals surface area (Å²) in [6, 6.07) is 9.33. The molecule has 0 saturated carbocycles. The van der Waals surface area contributed by atoms with Crippen LogP contribution < -0.4 is 10.6 Å². The summed E-state index contributed by atoms with van der Waals surface area (Å²) in [7, 11) is 0. The third kappa shape index (κ3) is 3.71. The Morgan fingerprint density at radius 1 is 1.33 bits per heavy atom. The van der Waals surface area contributed by atoms with Crippen molar-refractivity contribution < 1.29 is 9.21 Å². The maximum atomic E-state index is 11.6. The molecule has 0 bridgehead atoms. The summed E-state index contributed by atoms with van der Waals surface area (Å²) in [6.45, 7) is 2.49. The van der Waals surface area contributed by atoms with Gasteiger partial charge >= 0.3 is 0 Å². The summed E-state index contributed by atoms with van der Waals surface area (Å²) in [5.41, 5.74) is 0.788. The van der Waals surface area contributed by atoms with Crippen LogP contribution in [-0.4, -0.2) is 17.4 Å². The molecule has 1 aromatic carbocycles. The minimum Gasteiger partial charge on any atom is -0.445 e. The number of benzene rings is 1. The second kappa shape index (κ2) is 5.97. The molecule has 2 rings (SSSR count). The van der Waals surface area contributed by atoms with Crippen molar-refractivity contribution in [2.45, 2.75) is 13.5 Å². The van der Waals surface area contributed by atoms with E-state index >= 15 is 0 Å². The molecule has 94 valence electrons. The molecule has 0 aliphatic heterocycles. The highest BCUT2D eigenvalue weighted by Crippen LogP contribution is 2.04. The van der Waals surface area contributed by atoms with Crippen LogP contribution in [0.4, 0.5) is 5.69 Å². The predicted molar refractivity (Wildman–Crippen MR) is 68.0 cm³/mol. The van der Waals surface area contributed by atoms with Crippen molar-refractivity contribution in [3.8, 4) is 0 Å². The van der Waals surface area contributed by atoms with Gasteiger partial charge in [0.1, 0.15) is 5.76 Å². The van der Waals surface area contributed by atoms with Crippen LogP contribution in [0.3, 0.4) is 0 Å². The lowest BCUT2D eigenvalue weighted by atomic mass is 10.3. The van der Waals surface area contributed by atoms with Gasteiger partial charge in [-0.05, 0) is 19.1 Å². The van der Waals surface area contributed by atoms with Crippen LogP contribution in [0.2, 0.25) is 0 Å². The Bertz CT molecular complexity index is 508. The zero-order valence-corrected chi connectivity index (χ0v) is 10.1. The van der Waals surface area contributed by atoms with Gasteiger partial charge in [0.05, 0.1) is 19.3 Å². The molecule has 18 heavy (non-hydrogen) atoms. The number of carbonyl (C=O) groups is 1. The Balaban J connectivity index is 1.72. The topological polar surface area (TPSA) is 67.2 Å². The number of nitrogens with zero attached hydrogens (tertiary/aromatic N) is 1. The fraction of sp³-hybridized carbons (Fsp3) is 0.231. The molecule has 5 nitrogen and oxygen atoms in total. The Hall–Kier alpha value is -2.14. The van der Waals surface area contributed by atoms with Gasteiger partial charge in [-0.25, -0.2) is 4.98 Å². The molecule has 1 aromatic heterocycles. The van der Waals surface area contributed by atoms with Crippen molar-refractivity contribution in [1.82, 2.24) is 10.3 Å². The number of hydrogen-bond donors (Lipinski definition) is 2. The predicted octanol–water partition coefficient (Wildman–Crippen LogP) is 1.71. The molecule has 1 heterocycles. The van der Waals surface area contributed by atoms with Crippen LogP contribution in [0.5, 0.6) is 0 Å². The van der Waals surface area contributed by atoms with Crippen molar-refractivity contribution in [1.29, 1.82) is 0 Å². The first-order valence-corrected chi connectivity index (χ1v) is 5.71. The normalized spacial score (nSPS) is 10.3. The molecule has 0 radical (unpaired) electrons. The summed E-state index contributed by atoms with van der Waals surface area (Å²) < 4.78 is 5.28. The molecule has 0 unspecified atom stereocenters. The minimum absolute atomic E-state index is 0.0931. The number of para-hydroxylation sites is 1. The van der Waals surface area contributed by atoms with Crippen molar-refractivity contribution >= 4 is 11.6 Å². The van der Waals surface area contributed by atoms with Crippen LogP contribution in [0.15, 0.2) is 40.9 Å². The fourth-order valence-corrected chi connectivity index (χ4v) is 1.49. The number of amides is 1. The van der Waals surface area contributed by atoms with Gasteiger partial charge in [-0.1, -0.05) is 18.2 Å². The number of nitrogens with one attached hydrogen (secondary N) is 2. The SMILES string of the molecule is Cc1cnc(CNCC(=O)Nc2ccccc2)o1. The highest BCUT2D eigenvalue weighted by molar-refractivity contribution is 5.92. The number of carbonyl (C=O) groups excluding carboxylic acids is 1. The number of aryl methyl sites for hydroxylation is 1. The Kier molecular flexibility index (Phi) is 4.09. The van der Waals surface area contributed by atoms with Crippen LogP contribution in [0.25, 0.3) is 0 Å². The minimum atomic E-state index is -0.0931. The van der Waals surface area contributed by atoms with Crippen molar-refractivity contribution in [3.05, 3.63) is 48.2 Å². The van der Waals surface area contributed by atoms with Gasteiger partial charge in [0, 0.05) is 5.69 Å². The zero-order chi connectivity index (χ0) is 12.8. The third-order valence-electron chi connectivity index (χ3n) is 2.29. The van der Waals surface area contributed by atoms with E-state index in [2.05, 4.69) is 15.6 Å². The molecular formula is C13H15N3O2. The van der Waals surface area contributed by atoms with E-state index in [1.165, 1.54) is 0 Å². The van der Waals surface area contributed by atoms with Crippen LogP contribution in [-0.2, 0) is 11.3 Å². The van der Waals surface area contributed by atoms with Crippen LogP contribution >= 0.6 is 0 Å². The highest BCUT2D eigenvalue weighted by Gasteiger charge is 2.03. The molecule has 0 saturated heterocycles. The molecule has 0 spiro atoms. The maximum Gasteiger partial charge on any atom is 0.238 e. The van der Waals surface area contributed by atoms with E-state index < -0.39 is 0 Å². The number of rotatable bonds is 5. The monoisotopic (exact) mass is 245 g/mol. The number of aromatic nitrogens is 1. The second-order valence-electron chi connectivity index (χ2n) is 3.88. The van der Waals surface area contributed by atoms with Crippen molar-refractivity contribution in [3.63, 3.8) is 0 Å². The smallest absolute Gasteiger partial charge is 0.238 e. The summed E-state index contributed by atoms with van der Waals surface area (Å²) in [5, 5.41) is 5.75. The zero-order valence-electron chi connectivity index (χ0n) is 10.1. The quantitative estimate of drug-likeness (QED) is 0.841. The van der Waals surface area contributed by atoms with E-state index in [0.29, 0.717) is 12.4 Å². The standard InChI is InChI=1S/C13H15N3O2/c1-10-7-15-13(18-10)9-14-8-12(17)16-11-5-3-2-4-6-11/h2-7,14H,8-9H2,1H3,(H,16,17). The van der Waals surface area contributed by atoms with E-state index in [9.17, 15) is 4.79 Å². The van der Waals surface area contributed by atoms with E-state index in [4.69, 9.17) is 4.42 Å². The number of anilines is 1. The first-order chi connectivity index (χ1) is 8.74. The van der Waals surface area contributed by atoms with E-state index in [1.54, 1.807) is 6.20 Å². The lowest BCUT2D eigenvalue weighted by molar-refractivity contribution is -0.115. The molecule has 1 amide bonds. The van der Waals surface area contributed by atoms with Gasteiger partial charge in [-0.2, -0.15) is 0 Å². The molecular weight excluding hydrogens is 230 g/mol. The summed E-state index contributed by atoms with van der Waals surface area (Å²) >= 11 is 0. The third-order valence-corrected chi connectivity index (χ3v) is 2.29. The Morgan fingerprint density at radius 3 is 2.78 bits per heavy atom. The van der Waals surface area contributed by atoms with Crippen molar-refractivity contribution in [2.75, 3.05) is 11.9 Å². The van der Waals surface area contributed by atoms with Crippen LogP contribution in [0, 0.1) is 6.92 Å². The maximum absolute atomic E-state index is 11.6. The number of oxazole rings is 1. The van der Waals surface area contributed by atoms with Crippen LogP contribution in [0.1, 0.15) is 11.7 Å². The second-order valence-corrected chi connectivity index (χ2v) is 3.88. The van der Waals surface area contributed by atoms with E-state index in [-0.39, 0.29) is 12.5 Å².